The van der Waals surface area contributed by atoms with Gasteiger partial charge in [0.1, 0.15) is 11.3 Å². The van der Waals surface area contributed by atoms with Crippen LogP contribution in [-0.2, 0) is 7.05 Å². The molecule has 0 saturated heterocycles. The van der Waals surface area contributed by atoms with Crippen molar-refractivity contribution < 1.29 is 4.39 Å². The molecule has 0 radical (unpaired) electrons. The minimum atomic E-state index is -0.297. The molecule has 0 aliphatic rings. The number of nitrogens with one attached hydrogen (secondary N) is 1. The van der Waals surface area contributed by atoms with Gasteiger partial charge in [0.15, 0.2) is 0 Å². The maximum Gasteiger partial charge on any atom is 0.218 e. The molecule has 1 aromatic heterocycles. The molecule has 0 aliphatic heterocycles. The molecule has 0 fully saturated rings. The number of hydrogen-bond donors (Lipinski definition) is 2. The Morgan fingerprint density at radius 1 is 1.54 bits per heavy atom. The number of aromatic nitrogens is 2. The Labute approximate surface area is 74.1 Å². The second-order valence-corrected chi connectivity index (χ2v) is 2.75. The molecule has 0 amide bonds. The zero-order valence-corrected chi connectivity index (χ0v) is 7.08. The minimum Gasteiger partial charge on any atom is -0.310 e. The fourth-order valence-electron chi connectivity index (χ4n) is 1.35. The molecular weight excluding hydrogens is 171 g/mol. The molecule has 5 heteroatoms. The maximum atomic E-state index is 13.3. The van der Waals surface area contributed by atoms with E-state index < -0.39 is 0 Å². The third-order valence-corrected chi connectivity index (χ3v) is 1.97. The smallest absolute Gasteiger partial charge is 0.218 e. The highest BCUT2D eigenvalue weighted by Gasteiger charge is 2.09. The number of rotatable bonds is 1. The van der Waals surface area contributed by atoms with Crippen LogP contribution in [0.4, 0.5) is 10.3 Å². The van der Waals surface area contributed by atoms with Crippen LogP contribution in [0.2, 0.25) is 0 Å². The van der Waals surface area contributed by atoms with Crippen LogP contribution < -0.4 is 11.3 Å². The summed E-state index contributed by atoms with van der Waals surface area (Å²) in [4.78, 5) is 4.08. The first-order valence-electron chi connectivity index (χ1n) is 3.81. The van der Waals surface area contributed by atoms with E-state index >= 15 is 0 Å². The van der Waals surface area contributed by atoms with Gasteiger partial charge in [-0.2, -0.15) is 0 Å². The van der Waals surface area contributed by atoms with Gasteiger partial charge in [0.2, 0.25) is 5.95 Å². The Morgan fingerprint density at radius 2 is 2.31 bits per heavy atom. The number of nitrogens with zero attached hydrogens (tertiary/aromatic N) is 2. The molecule has 13 heavy (non-hydrogen) atoms. The number of fused-ring (bicyclic) bond motifs is 1. The topological polar surface area (TPSA) is 55.9 Å². The van der Waals surface area contributed by atoms with Gasteiger partial charge in [-0.25, -0.2) is 15.2 Å². The third-order valence-electron chi connectivity index (χ3n) is 1.97. The molecule has 0 aliphatic carbocycles. The van der Waals surface area contributed by atoms with Gasteiger partial charge in [-0.05, 0) is 12.1 Å². The van der Waals surface area contributed by atoms with Gasteiger partial charge in [0, 0.05) is 7.05 Å². The van der Waals surface area contributed by atoms with E-state index in [1.54, 1.807) is 23.7 Å². The summed E-state index contributed by atoms with van der Waals surface area (Å²) in [6.45, 7) is 0. The van der Waals surface area contributed by atoms with Crippen molar-refractivity contribution >= 4 is 17.0 Å². The number of hydrazine groups is 1. The SMILES string of the molecule is Cn1c(NN)nc2cccc(F)c21. The van der Waals surface area contributed by atoms with Gasteiger partial charge < -0.3 is 4.57 Å². The van der Waals surface area contributed by atoms with E-state index in [9.17, 15) is 4.39 Å². The number of nitrogens with two attached hydrogens (primary N) is 1. The molecule has 0 spiro atoms. The number of aryl methyl sites for hydroxylation is 1. The standard InChI is InChI=1S/C8H9FN4/c1-13-7-5(9)3-2-4-6(7)11-8(13)12-10/h2-4H,10H2,1H3,(H,11,12). The van der Waals surface area contributed by atoms with Crippen molar-refractivity contribution in [2.45, 2.75) is 0 Å². The molecule has 0 unspecified atom stereocenters. The normalized spacial score (nSPS) is 10.7. The Hall–Kier alpha value is -1.62. The minimum absolute atomic E-state index is 0.297. The van der Waals surface area contributed by atoms with E-state index in [1.165, 1.54) is 6.07 Å². The quantitative estimate of drug-likeness (QED) is 0.508. The van der Waals surface area contributed by atoms with Crippen LogP contribution >= 0.6 is 0 Å². The highest BCUT2D eigenvalue weighted by molar-refractivity contribution is 5.79. The first-order chi connectivity index (χ1) is 6.24. The molecule has 1 heterocycles. The second-order valence-electron chi connectivity index (χ2n) is 2.75. The van der Waals surface area contributed by atoms with Crippen molar-refractivity contribution in [1.29, 1.82) is 0 Å². The van der Waals surface area contributed by atoms with Gasteiger partial charge in [-0.15, -0.1) is 0 Å². The Kier molecular flexibility index (Phi) is 1.66. The molecule has 4 nitrogen and oxygen atoms in total. The number of hydrogen-bond acceptors (Lipinski definition) is 3. The molecule has 0 saturated carbocycles. The fourth-order valence-corrected chi connectivity index (χ4v) is 1.35. The van der Waals surface area contributed by atoms with Crippen LogP contribution in [0.5, 0.6) is 0 Å². The first-order valence-corrected chi connectivity index (χ1v) is 3.81. The van der Waals surface area contributed by atoms with Gasteiger partial charge in [-0.3, -0.25) is 5.43 Å². The summed E-state index contributed by atoms with van der Waals surface area (Å²) in [5, 5.41) is 0. The summed E-state index contributed by atoms with van der Waals surface area (Å²) in [6.07, 6.45) is 0. The monoisotopic (exact) mass is 180 g/mol. The second kappa shape index (κ2) is 2.70. The van der Waals surface area contributed by atoms with Crippen molar-refractivity contribution in [3.63, 3.8) is 0 Å². The number of halogens is 1. The molecule has 3 N–H and O–H groups in total. The van der Waals surface area contributed by atoms with Crippen molar-refractivity contribution in [3.05, 3.63) is 24.0 Å². The summed E-state index contributed by atoms with van der Waals surface area (Å²) >= 11 is 0. The van der Waals surface area contributed by atoms with Crippen LogP contribution in [0.3, 0.4) is 0 Å². The van der Waals surface area contributed by atoms with Crippen LogP contribution in [0, 0.1) is 5.82 Å². The van der Waals surface area contributed by atoms with E-state index in [0.717, 1.165) is 0 Å². The summed E-state index contributed by atoms with van der Waals surface area (Å²) in [5.74, 6) is 5.36. The molecule has 0 bridgehead atoms. The number of benzene rings is 1. The van der Waals surface area contributed by atoms with Crippen LogP contribution in [0.15, 0.2) is 18.2 Å². The van der Waals surface area contributed by atoms with Crippen LogP contribution in [0.25, 0.3) is 11.0 Å². The van der Waals surface area contributed by atoms with E-state index in [-0.39, 0.29) is 5.82 Å². The predicted molar refractivity (Wildman–Crippen MR) is 48.5 cm³/mol. The van der Waals surface area contributed by atoms with Gasteiger partial charge in [-0.1, -0.05) is 6.07 Å². The van der Waals surface area contributed by atoms with Crippen molar-refractivity contribution in [2.75, 3.05) is 5.43 Å². The zero-order valence-electron chi connectivity index (χ0n) is 7.08. The van der Waals surface area contributed by atoms with Crippen molar-refractivity contribution in [2.24, 2.45) is 12.9 Å². The lowest BCUT2D eigenvalue weighted by Gasteiger charge is -1.99. The first kappa shape index (κ1) is 8.00. The highest BCUT2D eigenvalue weighted by atomic mass is 19.1. The number of imidazole rings is 1. The Morgan fingerprint density at radius 3 is 2.92 bits per heavy atom. The van der Waals surface area contributed by atoms with E-state index in [0.29, 0.717) is 17.0 Å². The molecule has 1 aromatic carbocycles. The van der Waals surface area contributed by atoms with Crippen molar-refractivity contribution in [3.8, 4) is 0 Å². The van der Waals surface area contributed by atoms with Gasteiger partial charge in [0.05, 0.1) is 5.52 Å². The number of nitrogen functional groups attached to an aromatic ring is 1. The summed E-state index contributed by atoms with van der Waals surface area (Å²) < 4.78 is 14.8. The average Bonchev–Trinajstić information content (AvgIpc) is 2.44. The highest BCUT2D eigenvalue weighted by Crippen LogP contribution is 2.19. The average molecular weight is 180 g/mol. The van der Waals surface area contributed by atoms with E-state index in [1.807, 2.05) is 0 Å². The molecule has 2 rings (SSSR count). The van der Waals surface area contributed by atoms with Gasteiger partial charge >= 0.3 is 0 Å². The summed E-state index contributed by atoms with van der Waals surface area (Å²) in [7, 11) is 1.70. The largest absolute Gasteiger partial charge is 0.310 e. The number of para-hydroxylation sites is 1. The Bertz CT molecular complexity index is 449. The van der Waals surface area contributed by atoms with E-state index in [2.05, 4.69) is 10.4 Å². The lowest BCUT2D eigenvalue weighted by Crippen LogP contribution is -2.11. The zero-order chi connectivity index (χ0) is 9.42. The molecule has 0 atom stereocenters. The van der Waals surface area contributed by atoms with E-state index in [4.69, 9.17) is 5.84 Å². The molecular formula is C8H9FN4. The summed E-state index contributed by atoms with van der Waals surface area (Å²) in [5.41, 5.74) is 3.44. The lowest BCUT2D eigenvalue weighted by molar-refractivity contribution is 0.632. The Balaban J connectivity index is 2.85. The summed E-state index contributed by atoms with van der Waals surface area (Å²) in [6, 6.07) is 4.74. The number of anilines is 1. The third kappa shape index (κ3) is 1.05. The predicted octanol–water partition coefficient (Wildman–Crippen LogP) is 0.998. The van der Waals surface area contributed by atoms with Crippen LogP contribution in [0.1, 0.15) is 0 Å². The van der Waals surface area contributed by atoms with Crippen LogP contribution in [-0.4, -0.2) is 9.55 Å². The molecule has 2 aromatic rings. The maximum absolute atomic E-state index is 13.3. The van der Waals surface area contributed by atoms with Crippen molar-refractivity contribution in [1.82, 2.24) is 9.55 Å². The fraction of sp³-hybridized carbons (Fsp3) is 0.125. The van der Waals surface area contributed by atoms with Gasteiger partial charge in [0.25, 0.3) is 0 Å². The lowest BCUT2D eigenvalue weighted by atomic mass is 10.3. The molecule has 68 valence electrons.